The van der Waals surface area contributed by atoms with Crippen LogP contribution in [-0.4, -0.2) is 33.5 Å². The maximum atomic E-state index is 12.4. The maximum Gasteiger partial charge on any atom is 0.333 e. The highest BCUT2D eigenvalue weighted by Gasteiger charge is 2.21. The van der Waals surface area contributed by atoms with Gasteiger partial charge in [0.2, 0.25) is 0 Å². The molecule has 6 nitrogen and oxygen atoms in total. The maximum absolute atomic E-state index is 12.4. The summed E-state index contributed by atoms with van der Waals surface area (Å²) in [6, 6.07) is 16.9. The van der Waals surface area contributed by atoms with Crippen molar-refractivity contribution in [2.24, 2.45) is 0 Å². The summed E-state index contributed by atoms with van der Waals surface area (Å²) in [4.78, 5) is 16.8. The molecule has 3 aromatic rings. The van der Waals surface area contributed by atoms with Crippen LogP contribution in [0.25, 0.3) is 0 Å². The number of esters is 1. The molecule has 0 saturated heterocycles. The summed E-state index contributed by atoms with van der Waals surface area (Å²) in [5.41, 5.74) is 3.54. The Kier molecular flexibility index (Phi) is 7.32. The molecule has 1 aromatic heterocycles. The topological polar surface area (TPSA) is 76.4 Å². The molecule has 152 valence electrons. The van der Waals surface area contributed by atoms with Crippen molar-refractivity contribution < 1.29 is 14.6 Å². The fourth-order valence-electron chi connectivity index (χ4n) is 3.06. The van der Waals surface area contributed by atoms with Gasteiger partial charge < -0.3 is 19.7 Å². The summed E-state index contributed by atoms with van der Waals surface area (Å²) in [5, 5.41) is 13.7. The Morgan fingerprint density at radius 3 is 2.59 bits per heavy atom. The molecule has 0 radical (unpaired) electrons. The summed E-state index contributed by atoms with van der Waals surface area (Å²) in [6.07, 6.45) is 3.66. The molecule has 29 heavy (non-hydrogen) atoms. The number of hydrogen-bond donors (Lipinski definition) is 2. The molecule has 0 aliphatic heterocycles. The molecule has 0 aliphatic carbocycles. The van der Waals surface area contributed by atoms with Gasteiger partial charge in [0.1, 0.15) is 0 Å². The van der Waals surface area contributed by atoms with Crippen molar-refractivity contribution in [1.29, 1.82) is 0 Å². The highest BCUT2D eigenvalue weighted by molar-refractivity contribution is 7.98. The zero-order chi connectivity index (χ0) is 20.6. The lowest BCUT2D eigenvalue weighted by Crippen LogP contribution is -2.23. The summed E-state index contributed by atoms with van der Waals surface area (Å²) >= 11 is 1.54. The molecule has 0 aliphatic rings. The first-order valence-corrected chi connectivity index (χ1v) is 10.6. The SMILES string of the molecule is CCOC(=O)C(Nc1ccc(Cn2c(CO)cn[14c]2SC)cc1)c1ccccc1. The molecule has 1 unspecified atom stereocenters. The molecule has 1 heterocycles. The molecule has 1 atom stereocenters. The summed E-state index contributed by atoms with van der Waals surface area (Å²) in [7, 11) is 0. The predicted molar refractivity (Wildman–Crippen MR) is 115 cm³/mol. The smallest absolute Gasteiger partial charge is 0.333 e. The Balaban J connectivity index is 1.77. The Bertz CT molecular complexity index is 905. The van der Waals surface area contributed by atoms with Crippen LogP contribution in [-0.2, 0) is 22.7 Å². The standard InChI is InChI=1S/C22H25N3O3S/c1-3-28-21(27)20(17-7-5-4-6-8-17)24-18-11-9-16(10-12-18)14-25-19(15-26)13-23-22(25)29-2/h4-13,20,24,26H,3,14-15H2,1-2H3/i22+2. The Hall–Kier alpha value is -2.77. The second-order valence-electron chi connectivity index (χ2n) is 6.42. The summed E-state index contributed by atoms with van der Waals surface area (Å²) < 4.78 is 7.24. The quantitative estimate of drug-likeness (QED) is 0.410. The first-order chi connectivity index (χ1) is 14.2. The third-order valence-corrected chi connectivity index (χ3v) is 5.20. The molecular weight excluding hydrogens is 388 g/mol. The molecule has 0 bridgehead atoms. The number of imidazole rings is 1. The van der Waals surface area contributed by atoms with Crippen LogP contribution in [0, 0.1) is 0 Å². The Morgan fingerprint density at radius 2 is 1.97 bits per heavy atom. The van der Waals surface area contributed by atoms with Gasteiger partial charge in [-0.1, -0.05) is 54.2 Å². The van der Waals surface area contributed by atoms with E-state index in [0.717, 1.165) is 27.7 Å². The molecular formula is C22H25N3O3S. The van der Waals surface area contributed by atoms with Gasteiger partial charge in [-0.2, -0.15) is 0 Å². The minimum atomic E-state index is -0.570. The average Bonchev–Trinajstić information content (AvgIpc) is 3.15. The van der Waals surface area contributed by atoms with Crippen molar-refractivity contribution in [2.45, 2.75) is 31.3 Å². The van der Waals surface area contributed by atoms with E-state index in [1.165, 1.54) is 0 Å². The van der Waals surface area contributed by atoms with Crippen LogP contribution < -0.4 is 5.32 Å². The molecule has 0 saturated carbocycles. The number of aliphatic hydroxyl groups is 1. The second kappa shape index (κ2) is 10.1. The van der Waals surface area contributed by atoms with Gasteiger partial charge in [-0.25, -0.2) is 9.78 Å². The van der Waals surface area contributed by atoms with Gasteiger partial charge >= 0.3 is 5.97 Å². The van der Waals surface area contributed by atoms with E-state index in [0.29, 0.717) is 13.2 Å². The van der Waals surface area contributed by atoms with Gasteiger partial charge in [-0.3, -0.25) is 0 Å². The number of carbonyl (C=O) groups excluding carboxylic acids is 1. The number of aromatic nitrogens is 2. The summed E-state index contributed by atoms with van der Waals surface area (Å²) in [6.45, 7) is 2.70. The summed E-state index contributed by atoms with van der Waals surface area (Å²) in [5.74, 6) is -0.307. The number of nitrogens with zero attached hydrogens (tertiary/aromatic N) is 2. The third-order valence-electron chi connectivity index (χ3n) is 4.51. The molecule has 7 heteroatoms. The number of thioether (sulfide) groups is 1. The number of nitrogens with one attached hydrogen (secondary N) is 1. The Labute approximate surface area is 174 Å². The number of carbonyl (C=O) groups is 1. The van der Waals surface area contributed by atoms with E-state index in [4.69, 9.17) is 4.74 Å². The Morgan fingerprint density at radius 1 is 1.24 bits per heavy atom. The molecule has 0 spiro atoms. The number of benzene rings is 2. The lowest BCUT2D eigenvalue weighted by Gasteiger charge is -2.19. The van der Waals surface area contributed by atoms with Crippen LogP contribution in [0.15, 0.2) is 66.0 Å². The number of hydrogen-bond acceptors (Lipinski definition) is 6. The number of rotatable bonds is 9. The van der Waals surface area contributed by atoms with Crippen molar-refractivity contribution in [3.63, 3.8) is 0 Å². The van der Waals surface area contributed by atoms with Gasteiger partial charge in [-0.05, 0) is 36.4 Å². The van der Waals surface area contributed by atoms with Crippen molar-refractivity contribution in [3.05, 3.63) is 77.6 Å². The molecule has 3 rings (SSSR count). The van der Waals surface area contributed by atoms with E-state index in [1.807, 2.05) is 65.4 Å². The van der Waals surface area contributed by atoms with Crippen molar-refractivity contribution in [2.75, 3.05) is 18.2 Å². The second-order valence-corrected chi connectivity index (χ2v) is 7.19. The molecule has 0 amide bonds. The van der Waals surface area contributed by atoms with Crippen LogP contribution in [0.2, 0.25) is 0 Å². The fourth-order valence-corrected chi connectivity index (χ4v) is 3.62. The van der Waals surface area contributed by atoms with E-state index >= 15 is 0 Å². The monoisotopic (exact) mass is 413 g/mol. The van der Waals surface area contributed by atoms with Crippen LogP contribution in [0.3, 0.4) is 0 Å². The molecule has 2 N–H and O–H groups in total. The van der Waals surface area contributed by atoms with Crippen LogP contribution in [0.1, 0.15) is 29.8 Å². The van der Waals surface area contributed by atoms with Crippen molar-refractivity contribution in [1.82, 2.24) is 9.55 Å². The van der Waals surface area contributed by atoms with Crippen LogP contribution >= 0.6 is 11.8 Å². The first-order valence-electron chi connectivity index (χ1n) is 9.42. The van der Waals surface area contributed by atoms with Gasteiger partial charge in [0.25, 0.3) is 0 Å². The minimum Gasteiger partial charge on any atom is -0.464 e. The van der Waals surface area contributed by atoms with E-state index < -0.39 is 6.04 Å². The molecule has 0 fully saturated rings. The predicted octanol–water partition coefficient (Wildman–Crippen LogP) is 3.86. The fraction of sp³-hybridized carbons (Fsp3) is 0.273. The third kappa shape index (κ3) is 5.19. The van der Waals surface area contributed by atoms with Gasteiger partial charge in [0.15, 0.2) is 11.2 Å². The van der Waals surface area contributed by atoms with E-state index in [1.54, 1.807) is 24.9 Å². The first kappa shape index (κ1) is 21.0. The van der Waals surface area contributed by atoms with Gasteiger partial charge in [0, 0.05) is 12.2 Å². The lowest BCUT2D eigenvalue weighted by molar-refractivity contribution is -0.144. The highest BCUT2D eigenvalue weighted by atomic mass is 32.2. The van der Waals surface area contributed by atoms with E-state index in [-0.39, 0.29) is 12.6 Å². The number of ether oxygens (including phenoxy) is 1. The van der Waals surface area contributed by atoms with Gasteiger partial charge in [-0.15, -0.1) is 0 Å². The van der Waals surface area contributed by atoms with E-state index in [9.17, 15) is 9.90 Å². The van der Waals surface area contributed by atoms with Crippen molar-refractivity contribution >= 4 is 23.4 Å². The zero-order valence-corrected chi connectivity index (χ0v) is 17.4. The largest absolute Gasteiger partial charge is 0.464 e. The van der Waals surface area contributed by atoms with Crippen LogP contribution in [0.5, 0.6) is 0 Å². The zero-order valence-electron chi connectivity index (χ0n) is 16.5. The molecule has 2 aromatic carbocycles. The normalized spacial score (nSPS) is 11.8. The highest BCUT2D eigenvalue weighted by Crippen LogP contribution is 2.23. The lowest BCUT2D eigenvalue weighted by atomic mass is 10.1. The average molecular weight is 414 g/mol. The van der Waals surface area contributed by atoms with Gasteiger partial charge in [0.05, 0.1) is 25.1 Å². The minimum absolute atomic E-state index is 0.0501. The number of aliphatic hydroxyl groups excluding tert-OH is 1. The van der Waals surface area contributed by atoms with Crippen LogP contribution in [0.4, 0.5) is 5.69 Å². The van der Waals surface area contributed by atoms with E-state index in [2.05, 4.69) is 10.3 Å². The number of anilines is 1. The van der Waals surface area contributed by atoms with Crippen molar-refractivity contribution in [3.8, 4) is 0 Å².